The fourth-order valence-electron chi connectivity index (χ4n) is 8.80. The van der Waals surface area contributed by atoms with E-state index >= 15 is 0 Å². The van der Waals surface area contributed by atoms with Gasteiger partial charge in [0.1, 0.15) is 16.8 Å². The number of aromatic nitrogens is 2. The summed E-state index contributed by atoms with van der Waals surface area (Å²) in [6, 6.07) is 15.1. The van der Waals surface area contributed by atoms with Crippen LogP contribution < -0.4 is 20.3 Å². The number of likely N-dealkylation sites (N-methyl/N-ethyl adjacent to an activating group) is 1. The van der Waals surface area contributed by atoms with Gasteiger partial charge in [0.2, 0.25) is 11.9 Å². The number of amides is 4. The average molecular weight is 869 g/mol. The number of rotatable bonds is 12. The summed E-state index contributed by atoms with van der Waals surface area (Å²) in [5, 5.41) is 5.99. The Morgan fingerprint density at radius 3 is 2.36 bits per heavy atom. The maximum Gasteiger partial charge on any atom is 0.262 e. The fourth-order valence-corrected chi connectivity index (χ4v) is 10.1. The van der Waals surface area contributed by atoms with Crippen molar-refractivity contribution >= 4 is 73.9 Å². The van der Waals surface area contributed by atoms with Crippen LogP contribution in [0.15, 0.2) is 65.7 Å². The zero-order valence-corrected chi connectivity index (χ0v) is 36.3. The van der Waals surface area contributed by atoms with Crippen LogP contribution in [0.3, 0.4) is 0 Å². The monoisotopic (exact) mass is 868 g/mol. The van der Waals surface area contributed by atoms with E-state index in [-0.39, 0.29) is 40.4 Å². The van der Waals surface area contributed by atoms with Crippen molar-refractivity contribution in [1.29, 1.82) is 0 Å². The van der Waals surface area contributed by atoms with Gasteiger partial charge in [-0.1, -0.05) is 23.7 Å². The van der Waals surface area contributed by atoms with Crippen molar-refractivity contribution in [3.63, 3.8) is 0 Å². The molecule has 4 aliphatic heterocycles. The highest BCUT2D eigenvalue weighted by Gasteiger charge is 2.46. The molecule has 17 heteroatoms. The molecule has 3 fully saturated rings. The van der Waals surface area contributed by atoms with E-state index in [0.717, 1.165) is 66.6 Å². The zero-order valence-electron chi connectivity index (χ0n) is 34.8. The standard InChI is InChI=1S/C44H49ClN8O7S/c1-25(2)61(58,59)38-9-7-6-8-34(38)47-40-33(45)21-46-44(49-40)48-35-18-26(3)31(20-37(35)60-5)28-14-16-51(17-15-28)22-27-23-52(24-27)29-10-11-30-32(19-29)42(56)53(41(30)55)36-12-13-39(54)50(4)43(36)57/h6-11,18-21,25,27-28,36H,12-17,22-24H2,1-5H3,(H2,46,47,48,49). The number of methoxy groups -OCH3 is 1. The lowest BCUT2D eigenvalue weighted by Gasteiger charge is -2.44. The highest BCUT2D eigenvalue weighted by Crippen LogP contribution is 2.39. The van der Waals surface area contributed by atoms with Gasteiger partial charge in [0.05, 0.1) is 46.0 Å². The fraction of sp³-hybridized carbons (Fsp3) is 0.409. The Labute approximate surface area is 360 Å². The number of aryl methyl sites for hydroxylation is 1. The number of hydrogen-bond donors (Lipinski definition) is 2. The number of nitrogens with zero attached hydrogens (tertiary/aromatic N) is 6. The lowest BCUT2D eigenvalue weighted by atomic mass is 9.85. The Morgan fingerprint density at radius 1 is 0.918 bits per heavy atom. The predicted molar refractivity (Wildman–Crippen MR) is 232 cm³/mol. The molecule has 0 saturated carbocycles. The van der Waals surface area contributed by atoms with E-state index in [2.05, 4.69) is 43.4 Å². The van der Waals surface area contributed by atoms with Crippen LogP contribution in [0.2, 0.25) is 5.02 Å². The maximum atomic E-state index is 13.4. The van der Waals surface area contributed by atoms with Crippen molar-refractivity contribution in [2.24, 2.45) is 5.92 Å². The van der Waals surface area contributed by atoms with Gasteiger partial charge in [0, 0.05) is 44.7 Å². The Bertz CT molecular complexity index is 2540. The highest BCUT2D eigenvalue weighted by molar-refractivity contribution is 7.92. The van der Waals surface area contributed by atoms with Crippen LogP contribution in [-0.2, 0) is 19.4 Å². The van der Waals surface area contributed by atoms with Crippen molar-refractivity contribution in [3.05, 3.63) is 88.1 Å². The molecule has 4 aromatic rings. The summed E-state index contributed by atoms with van der Waals surface area (Å²) in [6.45, 7) is 9.94. The SMILES string of the molecule is COc1cc(C2CCN(CC3CN(c4ccc5c(c4)C(=O)N(C4CCC(=O)N(C)C4=O)C5=O)C3)CC2)c(C)cc1Nc1ncc(Cl)c(Nc2ccccc2S(=O)(=O)C(C)C)n1. The summed E-state index contributed by atoms with van der Waals surface area (Å²) in [6.07, 6.45) is 3.71. The number of piperidine rings is 2. The van der Waals surface area contributed by atoms with Gasteiger partial charge in [-0.2, -0.15) is 4.98 Å². The summed E-state index contributed by atoms with van der Waals surface area (Å²) < 4.78 is 31.9. The highest BCUT2D eigenvalue weighted by atomic mass is 35.5. The summed E-state index contributed by atoms with van der Waals surface area (Å²) in [7, 11) is -0.560. The van der Waals surface area contributed by atoms with E-state index in [0.29, 0.717) is 40.1 Å². The van der Waals surface area contributed by atoms with Gasteiger partial charge in [-0.05, 0) is 113 Å². The van der Waals surface area contributed by atoms with Crippen LogP contribution in [0.25, 0.3) is 0 Å². The van der Waals surface area contributed by atoms with Crippen molar-refractivity contribution < 1.29 is 32.3 Å². The third-order valence-electron chi connectivity index (χ3n) is 12.3. The number of halogens is 1. The number of carbonyl (C=O) groups is 4. The van der Waals surface area contributed by atoms with Gasteiger partial charge in [-0.25, -0.2) is 13.4 Å². The molecule has 3 aromatic carbocycles. The Kier molecular flexibility index (Phi) is 11.5. The quantitative estimate of drug-likeness (QED) is 0.155. The van der Waals surface area contributed by atoms with Gasteiger partial charge in [-0.3, -0.25) is 29.0 Å². The van der Waals surface area contributed by atoms with Crippen molar-refractivity contribution in [1.82, 2.24) is 24.7 Å². The summed E-state index contributed by atoms with van der Waals surface area (Å²) >= 11 is 6.48. The molecule has 1 unspecified atom stereocenters. The van der Waals surface area contributed by atoms with E-state index in [9.17, 15) is 27.6 Å². The largest absolute Gasteiger partial charge is 0.495 e. The molecule has 320 valence electrons. The van der Waals surface area contributed by atoms with Crippen LogP contribution in [0.5, 0.6) is 5.75 Å². The van der Waals surface area contributed by atoms with Crippen LogP contribution in [0.1, 0.15) is 77.3 Å². The summed E-state index contributed by atoms with van der Waals surface area (Å²) in [4.78, 5) is 67.4. The van der Waals surface area contributed by atoms with Crippen LogP contribution in [0, 0.1) is 12.8 Å². The molecule has 61 heavy (non-hydrogen) atoms. The topological polar surface area (TPSA) is 174 Å². The Morgan fingerprint density at radius 2 is 1.64 bits per heavy atom. The predicted octanol–water partition coefficient (Wildman–Crippen LogP) is 6.18. The van der Waals surface area contributed by atoms with Crippen LogP contribution >= 0.6 is 11.6 Å². The molecule has 8 rings (SSSR count). The molecule has 0 bridgehead atoms. The lowest BCUT2D eigenvalue weighted by molar-refractivity contribution is -0.149. The molecule has 0 radical (unpaired) electrons. The smallest absolute Gasteiger partial charge is 0.262 e. The Balaban J connectivity index is 0.860. The molecule has 5 heterocycles. The molecular weight excluding hydrogens is 820 g/mol. The van der Waals surface area contributed by atoms with Gasteiger partial charge >= 0.3 is 0 Å². The number of fused-ring (bicyclic) bond motifs is 1. The van der Waals surface area contributed by atoms with Crippen molar-refractivity contribution in [2.45, 2.75) is 68.6 Å². The van der Waals surface area contributed by atoms with Gasteiger partial charge in [-0.15, -0.1) is 0 Å². The molecule has 4 aliphatic rings. The second-order valence-electron chi connectivity index (χ2n) is 16.5. The number of sulfone groups is 1. The summed E-state index contributed by atoms with van der Waals surface area (Å²) in [5.74, 6) is 0.176. The number of anilines is 5. The van der Waals surface area contributed by atoms with Crippen molar-refractivity contribution in [2.75, 3.05) is 62.4 Å². The number of likely N-dealkylation sites (tertiary alicyclic amines) is 2. The number of carbonyl (C=O) groups excluding carboxylic acids is 4. The first-order chi connectivity index (χ1) is 29.1. The number of benzene rings is 3. The second-order valence-corrected chi connectivity index (χ2v) is 19.4. The van der Waals surface area contributed by atoms with E-state index in [1.54, 1.807) is 57.4 Å². The van der Waals surface area contributed by atoms with E-state index in [4.69, 9.17) is 16.3 Å². The third-order valence-corrected chi connectivity index (χ3v) is 14.8. The molecule has 0 spiro atoms. The molecule has 15 nitrogen and oxygen atoms in total. The lowest BCUT2D eigenvalue weighted by Crippen LogP contribution is -2.54. The maximum absolute atomic E-state index is 13.4. The minimum absolute atomic E-state index is 0.107. The number of ether oxygens (including phenoxy) is 1. The van der Waals surface area contributed by atoms with Crippen LogP contribution in [0.4, 0.5) is 28.8 Å². The minimum atomic E-state index is -3.57. The first-order valence-electron chi connectivity index (χ1n) is 20.5. The average Bonchev–Trinajstić information content (AvgIpc) is 3.47. The molecule has 3 saturated heterocycles. The summed E-state index contributed by atoms with van der Waals surface area (Å²) in [5.41, 5.74) is 4.87. The van der Waals surface area contributed by atoms with Crippen LogP contribution in [-0.4, -0.2) is 115 Å². The number of hydrogen-bond acceptors (Lipinski definition) is 13. The Hall–Kier alpha value is -5.58. The van der Waals surface area contributed by atoms with Gasteiger partial charge in [0.15, 0.2) is 15.7 Å². The van der Waals surface area contributed by atoms with Gasteiger partial charge in [0.25, 0.3) is 17.7 Å². The number of para-hydroxylation sites is 1. The molecule has 0 aliphatic carbocycles. The molecule has 1 aromatic heterocycles. The third kappa shape index (κ3) is 8.04. The molecule has 1 atom stereocenters. The number of imide groups is 2. The first-order valence-corrected chi connectivity index (χ1v) is 22.4. The second kappa shape index (κ2) is 16.7. The van der Waals surface area contributed by atoms with Crippen molar-refractivity contribution in [3.8, 4) is 5.75 Å². The number of nitrogens with one attached hydrogen (secondary N) is 2. The normalized spacial score (nSPS) is 19.1. The molecular formula is C44H49ClN8O7S. The molecule has 4 amide bonds. The minimum Gasteiger partial charge on any atom is -0.495 e. The molecule has 2 N–H and O–H groups in total. The van der Waals surface area contributed by atoms with E-state index in [1.807, 2.05) is 12.1 Å². The first kappa shape index (κ1) is 42.1. The van der Waals surface area contributed by atoms with E-state index in [1.165, 1.54) is 18.8 Å². The van der Waals surface area contributed by atoms with E-state index < -0.39 is 38.9 Å². The zero-order chi connectivity index (χ0) is 43.3. The van der Waals surface area contributed by atoms with Gasteiger partial charge < -0.3 is 25.2 Å².